The largest absolute Gasteiger partial charge is 0.444 e. The van der Waals surface area contributed by atoms with Gasteiger partial charge in [-0.2, -0.15) is 0 Å². The van der Waals surface area contributed by atoms with Gasteiger partial charge in [0.05, 0.1) is 0 Å². The van der Waals surface area contributed by atoms with E-state index in [4.69, 9.17) is 10.5 Å². The molecule has 0 saturated heterocycles. The average Bonchev–Trinajstić information content (AvgIpc) is 2.14. The number of hydrogen-bond donors (Lipinski definition) is 2. The Bertz CT molecular complexity index is 259. The van der Waals surface area contributed by atoms with Gasteiger partial charge in [-0.15, -0.1) is 0 Å². The average molecular weight is 242 g/mol. The lowest BCUT2D eigenvalue weighted by atomic mass is 9.82. The molecule has 100 valence electrons. The standard InChI is InChI=1S/C13H26N2O2/c1-9(14)10-6-5-7-11(8-10)15-12(16)17-13(2,3)4/h9-11H,5-8,14H2,1-4H3,(H,15,16)/t9-,10-,11+/m0/s1. The van der Waals surface area contributed by atoms with Crippen LogP contribution in [0.2, 0.25) is 0 Å². The molecule has 1 rings (SSSR count). The molecule has 1 aliphatic carbocycles. The molecule has 0 heterocycles. The smallest absolute Gasteiger partial charge is 0.407 e. The first-order valence-corrected chi connectivity index (χ1v) is 6.53. The van der Waals surface area contributed by atoms with Crippen molar-refractivity contribution < 1.29 is 9.53 Å². The number of amides is 1. The molecular weight excluding hydrogens is 216 g/mol. The minimum atomic E-state index is -0.431. The van der Waals surface area contributed by atoms with Crippen molar-refractivity contribution in [3.63, 3.8) is 0 Å². The second-order valence-corrected chi connectivity index (χ2v) is 6.13. The van der Waals surface area contributed by atoms with Gasteiger partial charge in [-0.1, -0.05) is 6.42 Å². The Labute approximate surface area is 104 Å². The van der Waals surface area contributed by atoms with Gasteiger partial charge in [0.1, 0.15) is 5.60 Å². The summed E-state index contributed by atoms with van der Waals surface area (Å²) >= 11 is 0. The summed E-state index contributed by atoms with van der Waals surface area (Å²) in [6.07, 6.45) is 3.99. The van der Waals surface area contributed by atoms with Crippen molar-refractivity contribution in [1.82, 2.24) is 5.32 Å². The van der Waals surface area contributed by atoms with Crippen molar-refractivity contribution in [2.24, 2.45) is 11.7 Å². The molecule has 1 amide bonds. The van der Waals surface area contributed by atoms with Crippen molar-refractivity contribution >= 4 is 6.09 Å². The number of carbonyl (C=O) groups excluding carboxylic acids is 1. The van der Waals surface area contributed by atoms with Crippen molar-refractivity contribution in [3.05, 3.63) is 0 Å². The van der Waals surface area contributed by atoms with Crippen LogP contribution in [-0.2, 0) is 4.74 Å². The third-order valence-corrected chi connectivity index (χ3v) is 3.18. The number of rotatable bonds is 2. The molecule has 0 spiro atoms. The van der Waals surface area contributed by atoms with Crippen molar-refractivity contribution in [2.45, 2.75) is 71.1 Å². The van der Waals surface area contributed by atoms with E-state index in [0.29, 0.717) is 5.92 Å². The first-order valence-electron chi connectivity index (χ1n) is 6.53. The number of nitrogens with two attached hydrogens (primary N) is 1. The third kappa shape index (κ3) is 5.39. The van der Waals surface area contributed by atoms with Crippen LogP contribution in [0, 0.1) is 5.92 Å². The Morgan fingerprint density at radius 2 is 2.06 bits per heavy atom. The summed E-state index contributed by atoms with van der Waals surface area (Å²) in [5, 5.41) is 2.94. The van der Waals surface area contributed by atoms with Gasteiger partial charge in [0.2, 0.25) is 0 Å². The van der Waals surface area contributed by atoms with E-state index in [1.807, 2.05) is 27.7 Å². The molecular formula is C13H26N2O2. The van der Waals surface area contributed by atoms with Crippen LogP contribution >= 0.6 is 0 Å². The number of hydrogen-bond acceptors (Lipinski definition) is 3. The maximum absolute atomic E-state index is 11.6. The fourth-order valence-corrected chi connectivity index (χ4v) is 2.31. The zero-order chi connectivity index (χ0) is 13.1. The van der Waals surface area contributed by atoms with Crippen LogP contribution in [0.25, 0.3) is 0 Å². The lowest BCUT2D eigenvalue weighted by Gasteiger charge is -2.32. The molecule has 0 radical (unpaired) electrons. The zero-order valence-electron chi connectivity index (χ0n) is 11.5. The molecule has 0 unspecified atom stereocenters. The van der Waals surface area contributed by atoms with Gasteiger partial charge in [-0.25, -0.2) is 4.79 Å². The molecule has 0 aromatic carbocycles. The van der Waals surface area contributed by atoms with Gasteiger partial charge >= 0.3 is 6.09 Å². The van der Waals surface area contributed by atoms with E-state index in [2.05, 4.69) is 5.32 Å². The van der Waals surface area contributed by atoms with Crippen LogP contribution in [0.4, 0.5) is 4.79 Å². The Kier molecular flexibility index (Phi) is 4.80. The number of ether oxygens (including phenoxy) is 1. The molecule has 17 heavy (non-hydrogen) atoms. The Morgan fingerprint density at radius 1 is 1.41 bits per heavy atom. The van der Waals surface area contributed by atoms with E-state index in [9.17, 15) is 4.79 Å². The van der Waals surface area contributed by atoms with Crippen molar-refractivity contribution in [2.75, 3.05) is 0 Å². The molecule has 0 bridgehead atoms. The minimum absolute atomic E-state index is 0.207. The molecule has 0 aromatic heterocycles. The van der Waals surface area contributed by atoms with E-state index in [-0.39, 0.29) is 18.2 Å². The summed E-state index contributed by atoms with van der Waals surface area (Å²) in [5.41, 5.74) is 5.49. The van der Waals surface area contributed by atoms with Crippen LogP contribution in [0.3, 0.4) is 0 Å². The molecule has 4 heteroatoms. The maximum atomic E-state index is 11.6. The zero-order valence-corrected chi connectivity index (χ0v) is 11.5. The molecule has 4 nitrogen and oxygen atoms in total. The molecule has 1 aliphatic rings. The van der Waals surface area contributed by atoms with Crippen LogP contribution < -0.4 is 11.1 Å². The predicted octanol–water partition coefficient (Wildman–Crippen LogP) is 2.42. The number of carbonyl (C=O) groups is 1. The maximum Gasteiger partial charge on any atom is 0.407 e. The lowest BCUT2D eigenvalue weighted by molar-refractivity contribution is 0.0482. The summed E-state index contributed by atoms with van der Waals surface area (Å²) < 4.78 is 5.25. The Hall–Kier alpha value is -0.770. The summed E-state index contributed by atoms with van der Waals surface area (Å²) in [5.74, 6) is 0.517. The molecule has 3 N–H and O–H groups in total. The van der Waals surface area contributed by atoms with E-state index >= 15 is 0 Å². The Balaban J connectivity index is 2.38. The summed E-state index contributed by atoms with van der Waals surface area (Å²) in [7, 11) is 0. The highest BCUT2D eigenvalue weighted by molar-refractivity contribution is 5.68. The van der Waals surface area contributed by atoms with Crippen LogP contribution in [0.1, 0.15) is 53.4 Å². The molecule has 3 atom stereocenters. The highest BCUT2D eigenvalue weighted by Crippen LogP contribution is 2.26. The van der Waals surface area contributed by atoms with Gasteiger partial charge in [-0.3, -0.25) is 0 Å². The van der Waals surface area contributed by atoms with Gasteiger partial charge in [-0.05, 0) is 52.9 Å². The SMILES string of the molecule is C[C@H](N)[C@H]1CCC[C@@H](NC(=O)OC(C)(C)C)C1. The summed E-state index contributed by atoms with van der Waals surface area (Å²) in [6, 6.07) is 0.424. The normalized spacial score (nSPS) is 27.4. The topological polar surface area (TPSA) is 64.3 Å². The molecule has 1 saturated carbocycles. The minimum Gasteiger partial charge on any atom is -0.444 e. The predicted molar refractivity (Wildman–Crippen MR) is 68.8 cm³/mol. The second kappa shape index (κ2) is 5.71. The van der Waals surface area contributed by atoms with E-state index in [0.717, 1.165) is 19.3 Å². The summed E-state index contributed by atoms with van der Waals surface area (Å²) in [4.78, 5) is 11.6. The second-order valence-electron chi connectivity index (χ2n) is 6.13. The third-order valence-electron chi connectivity index (χ3n) is 3.18. The van der Waals surface area contributed by atoms with Gasteiger partial charge in [0, 0.05) is 12.1 Å². The Morgan fingerprint density at radius 3 is 2.59 bits per heavy atom. The lowest BCUT2D eigenvalue weighted by Crippen LogP contribution is -2.43. The monoisotopic (exact) mass is 242 g/mol. The van der Waals surface area contributed by atoms with Crippen LogP contribution in [0.15, 0.2) is 0 Å². The number of alkyl carbamates (subject to hydrolysis) is 1. The van der Waals surface area contributed by atoms with Crippen molar-refractivity contribution in [1.29, 1.82) is 0 Å². The molecule has 0 aromatic rings. The van der Waals surface area contributed by atoms with Crippen LogP contribution in [-0.4, -0.2) is 23.8 Å². The first-order chi connectivity index (χ1) is 7.78. The van der Waals surface area contributed by atoms with E-state index < -0.39 is 5.60 Å². The number of nitrogens with one attached hydrogen (secondary N) is 1. The van der Waals surface area contributed by atoms with Gasteiger partial charge in [0.15, 0.2) is 0 Å². The van der Waals surface area contributed by atoms with Crippen LogP contribution in [0.5, 0.6) is 0 Å². The van der Waals surface area contributed by atoms with Gasteiger partial charge in [0.25, 0.3) is 0 Å². The molecule has 0 aliphatic heterocycles. The first kappa shape index (κ1) is 14.3. The van der Waals surface area contributed by atoms with E-state index in [1.54, 1.807) is 0 Å². The van der Waals surface area contributed by atoms with Gasteiger partial charge < -0.3 is 15.8 Å². The summed E-state index contributed by atoms with van der Waals surface area (Å²) in [6.45, 7) is 7.66. The fourth-order valence-electron chi connectivity index (χ4n) is 2.31. The van der Waals surface area contributed by atoms with E-state index in [1.165, 1.54) is 6.42 Å². The molecule has 1 fully saturated rings. The quantitative estimate of drug-likeness (QED) is 0.781. The fraction of sp³-hybridized carbons (Fsp3) is 0.923. The highest BCUT2D eigenvalue weighted by atomic mass is 16.6. The van der Waals surface area contributed by atoms with Crippen molar-refractivity contribution in [3.8, 4) is 0 Å². The highest BCUT2D eigenvalue weighted by Gasteiger charge is 2.26.